The van der Waals surface area contributed by atoms with E-state index < -0.39 is 0 Å². The highest BCUT2D eigenvalue weighted by molar-refractivity contribution is 5.92. The molecule has 2 fully saturated rings. The molecule has 0 spiro atoms. The Bertz CT molecular complexity index is 715. The number of rotatable bonds is 2. The number of ether oxygens (including phenoxy) is 1. The van der Waals surface area contributed by atoms with Crippen molar-refractivity contribution in [1.29, 1.82) is 0 Å². The fourth-order valence-corrected chi connectivity index (χ4v) is 3.78. The summed E-state index contributed by atoms with van der Waals surface area (Å²) in [7, 11) is 0. The van der Waals surface area contributed by atoms with E-state index in [1.54, 1.807) is 6.07 Å². The van der Waals surface area contributed by atoms with Crippen LogP contribution in [0.15, 0.2) is 24.3 Å². The van der Waals surface area contributed by atoms with Gasteiger partial charge >= 0.3 is 0 Å². The van der Waals surface area contributed by atoms with Gasteiger partial charge in [0.05, 0.1) is 13.2 Å². The molecule has 2 aromatic rings. The molecule has 4 nitrogen and oxygen atoms in total. The highest BCUT2D eigenvalue weighted by Gasteiger charge is 2.29. The molecule has 2 saturated heterocycles. The lowest BCUT2D eigenvalue weighted by atomic mass is 10.1. The average molecular weight is 315 g/mol. The van der Waals surface area contributed by atoms with Crippen molar-refractivity contribution < 1.29 is 9.13 Å². The summed E-state index contributed by atoms with van der Waals surface area (Å²) in [5.74, 6) is -0.239. The molecule has 0 aliphatic carbocycles. The number of hydrogen-bond acceptors (Lipinski definition) is 4. The molecule has 0 N–H and O–H groups in total. The first-order valence-corrected chi connectivity index (χ1v) is 8.35. The Morgan fingerprint density at radius 1 is 1.22 bits per heavy atom. The van der Waals surface area contributed by atoms with E-state index in [0.29, 0.717) is 11.6 Å². The second-order valence-corrected chi connectivity index (χ2v) is 6.46. The molecule has 1 unspecified atom stereocenters. The topological polar surface area (TPSA) is 28.6 Å². The van der Waals surface area contributed by atoms with Gasteiger partial charge in [0, 0.05) is 49.0 Å². The fourth-order valence-electron chi connectivity index (χ4n) is 3.78. The van der Waals surface area contributed by atoms with Gasteiger partial charge in [-0.25, -0.2) is 9.37 Å². The van der Waals surface area contributed by atoms with E-state index in [9.17, 15) is 4.39 Å². The van der Waals surface area contributed by atoms with Crippen molar-refractivity contribution in [3.8, 4) is 0 Å². The van der Waals surface area contributed by atoms with Gasteiger partial charge in [-0.3, -0.25) is 4.90 Å². The van der Waals surface area contributed by atoms with Crippen molar-refractivity contribution in [2.45, 2.75) is 19.4 Å². The Labute approximate surface area is 135 Å². The Morgan fingerprint density at radius 2 is 2.04 bits per heavy atom. The van der Waals surface area contributed by atoms with Crippen LogP contribution >= 0.6 is 0 Å². The van der Waals surface area contributed by atoms with Crippen LogP contribution in [-0.4, -0.2) is 55.3 Å². The Morgan fingerprint density at radius 3 is 2.87 bits per heavy atom. The van der Waals surface area contributed by atoms with Crippen LogP contribution in [0.2, 0.25) is 0 Å². The average Bonchev–Trinajstić information content (AvgIpc) is 3.06. The normalized spacial score (nSPS) is 22.9. The van der Waals surface area contributed by atoms with Crippen molar-refractivity contribution in [1.82, 2.24) is 9.88 Å². The van der Waals surface area contributed by atoms with Gasteiger partial charge in [0.2, 0.25) is 0 Å². The summed E-state index contributed by atoms with van der Waals surface area (Å²) in [5.41, 5.74) is 2.47. The largest absolute Gasteiger partial charge is 0.379 e. The van der Waals surface area contributed by atoms with Gasteiger partial charge < -0.3 is 9.64 Å². The molecular formula is C18H22FN3O. The number of aromatic nitrogens is 1. The zero-order chi connectivity index (χ0) is 15.8. The molecule has 3 heterocycles. The number of hydrogen-bond donors (Lipinski definition) is 0. The molecular weight excluding hydrogens is 293 g/mol. The van der Waals surface area contributed by atoms with E-state index in [1.165, 1.54) is 6.07 Å². The summed E-state index contributed by atoms with van der Waals surface area (Å²) in [4.78, 5) is 9.30. The molecule has 4 rings (SSSR count). The molecule has 2 aliphatic rings. The second kappa shape index (κ2) is 6.06. The number of benzene rings is 1. The standard InChI is InChI=1S/C18H22FN3O/c1-13-11-17(15-3-2-4-16(19)18(15)20-13)22-6-5-14(12-22)21-7-9-23-10-8-21/h2-4,11,14H,5-10,12H2,1H3. The Hall–Kier alpha value is -1.72. The number of pyridine rings is 1. The minimum Gasteiger partial charge on any atom is -0.379 e. The van der Waals surface area contributed by atoms with Gasteiger partial charge in [0.15, 0.2) is 0 Å². The van der Waals surface area contributed by atoms with Crippen LogP contribution in [0.4, 0.5) is 10.1 Å². The predicted molar refractivity (Wildman–Crippen MR) is 89.4 cm³/mol. The van der Waals surface area contributed by atoms with E-state index in [2.05, 4.69) is 20.9 Å². The van der Waals surface area contributed by atoms with E-state index in [-0.39, 0.29) is 5.82 Å². The van der Waals surface area contributed by atoms with Crippen molar-refractivity contribution in [2.24, 2.45) is 0 Å². The third-order valence-electron chi connectivity index (χ3n) is 4.96. The third-order valence-corrected chi connectivity index (χ3v) is 4.96. The zero-order valence-electron chi connectivity index (χ0n) is 13.5. The van der Waals surface area contributed by atoms with Gasteiger partial charge in [-0.15, -0.1) is 0 Å². The number of fused-ring (bicyclic) bond motifs is 1. The van der Waals surface area contributed by atoms with E-state index >= 15 is 0 Å². The van der Waals surface area contributed by atoms with Crippen LogP contribution in [0.1, 0.15) is 12.1 Å². The number of para-hydroxylation sites is 1. The molecule has 0 radical (unpaired) electrons. The molecule has 122 valence electrons. The van der Waals surface area contributed by atoms with Crippen molar-refractivity contribution >= 4 is 16.6 Å². The van der Waals surface area contributed by atoms with Gasteiger partial charge in [-0.2, -0.15) is 0 Å². The first kappa shape index (κ1) is 14.8. The minimum absolute atomic E-state index is 0.239. The molecule has 1 aromatic carbocycles. The van der Waals surface area contributed by atoms with Gasteiger partial charge in [-0.05, 0) is 25.5 Å². The van der Waals surface area contributed by atoms with E-state index in [0.717, 1.165) is 62.6 Å². The molecule has 0 saturated carbocycles. The fraction of sp³-hybridized carbons (Fsp3) is 0.500. The van der Waals surface area contributed by atoms with Crippen molar-refractivity contribution in [2.75, 3.05) is 44.3 Å². The maximum Gasteiger partial charge on any atom is 0.149 e. The van der Waals surface area contributed by atoms with Crippen LogP contribution in [0.5, 0.6) is 0 Å². The van der Waals surface area contributed by atoms with Crippen molar-refractivity contribution in [3.05, 3.63) is 35.8 Å². The van der Waals surface area contributed by atoms with Crippen LogP contribution in [0.3, 0.4) is 0 Å². The van der Waals surface area contributed by atoms with E-state index in [4.69, 9.17) is 4.74 Å². The predicted octanol–water partition coefficient (Wildman–Crippen LogP) is 2.59. The minimum atomic E-state index is -0.239. The van der Waals surface area contributed by atoms with Crippen LogP contribution in [-0.2, 0) is 4.74 Å². The lowest BCUT2D eigenvalue weighted by Crippen LogP contribution is -2.44. The molecule has 1 atom stereocenters. The summed E-state index contributed by atoms with van der Waals surface area (Å²) in [6.45, 7) is 7.64. The summed E-state index contributed by atoms with van der Waals surface area (Å²) in [5, 5.41) is 0.915. The van der Waals surface area contributed by atoms with Gasteiger partial charge in [0.1, 0.15) is 11.3 Å². The van der Waals surface area contributed by atoms with Crippen molar-refractivity contribution in [3.63, 3.8) is 0 Å². The molecule has 1 aromatic heterocycles. The third kappa shape index (κ3) is 2.79. The van der Waals surface area contributed by atoms with E-state index in [1.807, 2.05) is 13.0 Å². The molecule has 23 heavy (non-hydrogen) atoms. The molecule has 5 heteroatoms. The maximum atomic E-state index is 14.1. The maximum absolute atomic E-state index is 14.1. The molecule has 0 amide bonds. The SMILES string of the molecule is Cc1cc(N2CCC(N3CCOCC3)C2)c2cccc(F)c2n1. The van der Waals surface area contributed by atoms with Crippen LogP contribution < -0.4 is 4.90 Å². The first-order chi connectivity index (χ1) is 11.2. The highest BCUT2D eigenvalue weighted by Crippen LogP contribution is 2.31. The lowest BCUT2D eigenvalue weighted by molar-refractivity contribution is 0.0209. The molecule has 2 aliphatic heterocycles. The first-order valence-electron chi connectivity index (χ1n) is 8.35. The second-order valence-electron chi connectivity index (χ2n) is 6.46. The summed E-state index contributed by atoms with van der Waals surface area (Å²) in [6, 6.07) is 7.88. The number of aryl methyl sites for hydroxylation is 1. The lowest BCUT2D eigenvalue weighted by Gasteiger charge is -2.32. The monoisotopic (exact) mass is 315 g/mol. The number of nitrogens with zero attached hydrogens (tertiary/aromatic N) is 3. The Kier molecular flexibility index (Phi) is 3.91. The smallest absolute Gasteiger partial charge is 0.149 e. The summed E-state index contributed by atoms with van der Waals surface area (Å²) >= 11 is 0. The highest BCUT2D eigenvalue weighted by atomic mass is 19.1. The van der Waals surface area contributed by atoms with Gasteiger partial charge in [-0.1, -0.05) is 12.1 Å². The Balaban J connectivity index is 1.63. The van der Waals surface area contributed by atoms with Gasteiger partial charge in [0.25, 0.3) is 0 Å². The number of halogens is 1. The van der Waals surface area contributed by atoms with Crippen LogP contribution in [0.25, 0.3) is 10.9 Å². The zero-order valence-corrected chi connectivity index (χ0v) is 13.5. The quantitative estimate of drug-likeness (QED) is 0.852. The number of anilines is 1. The van der Waals surface area contributed by atoms with Crippen LogP contribution in [0, 0.1) is 12.7 Å². The molecule has 0 bridgehead atoms. The summed E-state index contributed by atoms with van der Waals surface area (Å²) in [6.07, 6.45) is 1.15. The summed E-state index contributed by atoms with van der Waals surface area (Å²) < 4.78 is 19.5. The number of morpholine rings is 1.